The maximum Gasteiger partial charge on any atom is 0.306 e. The molecule has 0 amide bonds. The number of hydrogen-bond acceptors (Lipinski definition) is 3. The Labute approximate surface area is 120 Å². The summed E-state index contributed by atoms with van der Waals surface area (Å²) in [6.07, 6.45) is 1.97. The Morgan fingerprint density at radius 1 is 1.30 bits per heavy atom. The van der Waals surface area contributed by atoms with Gasteiger partial charge < -0.3 is 14.6 Å². The Morgan fingerprint density at radius 3 is 2.75 bits per heavy atom. The van der Waals surface area contributed by atoms with Crippen LogP contribution < -0.4 is 0 Å². The Balaban J connectivity index is 2.35. The molecule has 0 aliphatic rings. The van der Waals surface area contributed by atoms with Gasteiger partial charge in [-0.15, -0.1) is 0 Å². The van der Waals surface area contributed by atoms with E-state index in [4.69, 9.17) is 9.47 Å². The number of hydrogen-bond donors (Lipinski definition) is 1. The van der Waals surface area contributed by atoms with Gasteiger partial charge in [-0.2, -0.15) is 0 Å². The minimum Gasteiger partial charge on any atom is -0.481 e. The van der Waals surface area contributed by atoms with Crippen molar-refractivity contribution in [3.8, 4) is 0 Å². The normalized spacial score (nSPS) is 12.3. The minimum atomic E-state index is -0.733. The second kappa shape index (κ2) is 9.50. The zero-order valence-corrected chi connectivity index (χ0v) is 12.3. The number of aryl methyl sites for hydroxylation is 1. The van der Waals surface area contributed by atoms with E-state index in [-0.39, 0.29) is 5.92 Å². The third-order valence-corrected chi connectivity index (χ3v) is 3.19. The van der Waals surface area contributed by atoms with Crippen LogP contribution in [0.5, 0.6) is 0 Å². The summed E-state index contributed by atoms with van der Waals surface area (Å²) in [6.45, 7) is 3.74. The highest BCUT2D eigenvalue weighted by Crippen LogP contribution is 2.16. The van der Waals surface area contributed by atoms with Gasteiger partial charge in [0.05, 0.1) is 19.1 Å². The highest BCUT2D eigenvalue weighted by molar-refractivity contribution is 5.70. The molecule has 0 saturated heterocycles. The first-order chi connectivity index (χ1) is 9.63. The van der Waals surface area contributed by atoms with Crippen molar-refractivity contribution < 1.29 is 19.4 Å². The van der Waals surface area contributed by atoms with E-state index in [1.54, 1.807) is 7.11 Å². The van der Waals surface area contributed by atoms with Crippen LogP contribution in [0.25, 0.3) is 0 Å². The van der Waals surface area contributed by atoms with Gasteiger partial charge in [-0.25, -0.2) is 0 Å². The van der Waals surface area contributed by atoms with Crippen LogP contribution in [0, 0.1) is 12.8 Å². The fourth-order valence-corrected chi connectivity index (χ4v) is 2.11. The molecule has 1 unspecified atom stereocenters. The number of rotatable bonds is 10. The van der Waals surface area contributed by atoms with Crippen LogP contribution in [0.2, 0.25) is 0 Å². The Hall–Kier alpha value is -1.39. The lowest BCUT2D eigenvalue weighted by Crippen LogP contribution is -2.17. The number of carbonyl (C=O) groups is 1. The summed E-state index contributed by atoms with van der Waals surface area (Å²) in [5, 5.41) is 9.28. The van der Waals surface area contributed by atoms with Crippen molar-refractivity contribution in [1.82, 2.24) is 0 Å². The van der Waals surface area contributed by atoms with E-state index < -0.39 is 5.97 Å². The monoisotopic (exact) mass is 280 g/mol. The summed E-state index contributed by atoms with van der Waals surface area (Å²) < 4.78 is 10.2. The molecule has 1 rings (SSSR count). The molecular weight excluding hydrogens is 256 g/mol. The molecule has 4 nitrogen and oxygen atoms in total. The first-order valence-electron chi connectivity index (χ1n) is 6.98. The number of carboxylic acid groups (broad SMARTS) is 1. The fourth-order valence-electron chi connectivity index (χ4n) is 2.11. The van der Waals surface area contributed by atoms with Crippen molar-refractivity contribution in [3.63, 3.8) is 0 Å². The van der Waals surface area contributed by atoms with Gasteiger partial charge in [0.15, 0.2) is 0 Å². The van der Waals surface area contributed by atoms with Crippen molar-refractivity contribution in [2.24, 2.45) is 5.92 Å². The molecule has 0 aliphatic carbocycles. The summed E-state index contributed by atoms with van der Waals surface area (Å²) >= 11 is 0. The van der Waals surface area contributed by atoms with Crippen LogP contribution in [0.3, 0.4) is 0 Å². The first kappa shape index (κ1) is 16.7. The summed E-state index contributed by atoms with van der Waals surface area (Å²) in [6, 6.07) is 8.02. The van der Waals surface area contributed by atoms with E-state index in [2.05, 4.69) is 0 Å². The van der Waals surface area contributed by atoms with Crippen molar-refractivity contribution in [3.05, 3.63) is 35.4 Å². The second-order valence-corrected chi connectivity index (χ2v) is 4.98. The van der Waals surface area contributed by atoms with Crippen LogP contribution in [0.1, 0.15) is 24.0 Å². The van der Waals surface area contributed by atoms with E-state index in [1.165, 1.54) is 0 Å². The molecular formula is C16H24O4. The lowest BCUT2D eigenvalue weighted by molar-refractivity contribution is -0.142. The molecule has 0 spiro atoms. The van der Waals surface area contributed by atoms with Gasteiger partial charge in [0, 0.05) is 13.7 Å². The maximum absolute atomic E-state index is 11.3. The Kier molecular flexibility index (Phi) is 7.92. The van der Waals surface area contributed by atoms with Crippen LogP contribution in [0.4, 0.5) is 0 Å². The van der Waals surface area contributed by atoms with Gasteiger partial charge in [-0.3, -0.25) is 4.79 Å². The molecule has 4 heteroatoms. The summed E-state index contributed by atoms with van der Waals surface area (Å²) in [7, 11) is 1.63. The van der Waals surface area contributed by atoms with Crippen molar-refractivity contribution >= 4 is 5.97 Å². The smallest absolute Gasteiger partial charge is 0.306 e. The third-order valence-electron chi connectivity index (χ3n) is 3.19. The SMILES string of the molecule is COCCOCCCC(Cc1cccc(C)c1)C(=O)O. The first-order valence-corrected chi connectivity index (χ1v) is 6.98. The van der Waals surface area contributed by atoms with Gasteiger partial charge in [0.25, 0.3) is 0 Å². The standard InChI is InChI=1S/C16H24O4/c1-13-5-3-6-14(11-13)12-15(16(17)18)7-4-8-20-10-9-19-2/h3,5-6,11,15H,4,7-10,12H2,1-2H3,(H,17,18). The summed E-state index contributed by atoms with van der Waals surface area (Å²) in [5.74, 6) is -1.08. The Bertz CT molecular complexity index is 403. The number of aliphatic carboxylic acids is 1. The van der Waals surface area contributed by atoms with E-state index in [9.17, 15) is 9.90 Å². The maximum atomic E-state index is 11.3. The molecule has 20 heavy (non-hydrogen) atoms. The molecule has 0 radical (unpaired) electrons. The van der Waals surface area contributed by atoms with Gasteiger partial charge in [0.1, 0.15) is 0 Å². The largest absolute Gasteiger partial charge is 0.481 e. The van der Waals surface area contributed by atoms with E-state index >= 15 is 0 Å². The number of ether oxygens (including phenoxy) is 2. The number of methoxy groups -OCH3 is 1. The van der Waals surface area contributed by atoms with Crippen molar-refractivity contribution in [1.29, 1.82) is 0 Å². The number of carboxylic acids is 1. The highest BCUT2D eigenvalue weighted by Gasteiger charge is 2.17. The van der Waals surface area contributed by atoms with E-state index in [0.29, 0.717) is 32.7 Å². The van der Waals surface area contributed by atoms with Gasteiger partial charge in [0.2, 0.25) is 0 Å². The molecule has 0 aliphatic heterocycles. The molecule has 0 heterocycles. The lowest BCUT2D eigenvalue weighted by atomic mass is 9.94. The zero-order chi connectivity index (χ0) is 14.8. The molecule has 112 valence electrons. The van der Waals surface area contributed by atoms with Gasteiger partial charge in [-0.1, -0.05) is 29.8 Å². The van der Waals surface area contributed by atoms with E-state index in [0.717, 1.165) is 17.5 Å². The summed E-state index contributed by atoms with van der Waals surface area (Å²) in [4.78, 5) is 11.3. The second-order valence-electron chi connectivity index (χ2n) is 4.98. The van der Waals surface area contributed by atoms with Crippen molar-refractivity contribution in [2.45, 2.75) is 26.2 Å². The predicted molar refractivity (Wildman–Crippen MR) is 77.9 cm³/mol. The molecule has 0 bridgehead atoms. The lowest BCUT2D eigenvalue weighted by Gasteiger charge is -2.13. The molecule has 1 aromatic rings. The van der Waals surface area contributed by atoms with Gasteiger partial charge >= 0.3 is 5.97 Å². The average molecular weight is 280 g/mol. The fraction of sp³-hybridized carbons (Fsp3) is 0.562. The quantitative estimate of drug-likeness (QED) is 0.669. The predicted octanol–water partition coefficient (Wildman–Crippen LogP) is 2.68. The molecule has 0 saturated carbocycles. The van der Waals surface area contributed by atoms with Crippen LogP contribution >= 0.6 is 0 Å². The van der Waals surface area contributed by atoms with Crippen molar-refractivity contribution in [2.75, 3.05) is 26.9 Å². The minimum absolute atomic E-state index is 0.345. The highest BCUT2D eigenvalue weighted by atomic mass is 16.5. The third kappa shape index (κ3) is 6.68. The molecule has 0 fully saturated rings. The van der Waals surface area contributed by atoms with Crippen LogP contribution in [-0.2, 0) is 20.7 Å². The Morgan fingerprint density at radius 2 is 2.10 bits per heavy atom. The van der Waals surface area contributed by atoms with E-state index in [1.807, 2.05) is 31.2 Å². The average Bonchev–Trinajstić information content (AvgIpc) is 2.41. The molecule has 1 N–H and O–H groups in total. The zero-order valence-electron chi connectivity index (χ0n) is 12.3. The number of benzene rings is 1. The van der Waals surface area contributed by atoms with Crippen LogP contribution in [-0.4, -0.2) is 38.0 Å². The molecule has 1 aromatic carbocycles. The van der Waals surface area contributed by atoms with Gasteiger partial charge in [-0.05, 0) is 31.7 Å². The van der Waals surface area contributed by atoms with Crippen LogP contribution in [0.15, 0.2) is 24.3 Å². The topological polar surface area (TPSA) is 55.8 Å². The molecule has 0 aromatic heterocycles. The molecule has 1 atom stereocenters. The summed E-state index contributed by atoms with van der Waals surface area (Å²) in [5.41, 5.74) is 2.24.